The fourth-order valence-electron chi connectivity index (χ4n) is 1.69. The van der Waals surface area contributed by atoms with Crippen LogP contribution in [0.25, 0.3) is 0 Å². The van der Waals surface area contributed by atoms with E-state index in [-0.39, 0.29) is 0 Å². The number of rotatable bonds is 3. The van der Waals surface area contributed by atoms with Gasteiger partial charge in [-0.05, 0) is 26.0 Å². The summed E-state index contributed by atoms with van der Waals surface area (Å²) in [6.45, 7) is 3.89. The van der Waals surface area contributed by atoms with Crippen molar-refractivity contribution in [3.05, 3.63) is 47.4 Å². The van der Waals surface area contributed by atoms with E-state index in [0.717, 1.165) is 28.5 Å². The third-order valence-corrected chi connectivity index (χ3v) is 3.28. The SMILES string of the molecule is Cc1ncc(N(C)c2cccc(C(N)=S)c2)nc1C. The molecule has 1 aromatic heterocycles. The summed E-state index contributed by atoms with van der Waals surface area (Å²) < 4.78 is 0. The molecule has 2 aromatic rings. The molecule has 0 amide bonds. The normalized spacial score (nSPS) is 10.3. The Morgan fingerprint density at radius 2 is 2.00 bits per heavy atom. The molecule has 2 N–H and O–H groups in total. The van der Waals surface area contributed by atoms with Gasteiger partial charge >= 0.3 is 0 Å². The van der Waals surface area contributed by atoms with Crippen LogP contribution in [0, 0.1) is 13.8 Å². The van der Waals surface area contributed by atoms with E-state index >= 15 is 0 Å². The van der Waals surface area contributed by atoms with Crippen molar-refractivity contribution in [2.75, 3.05) is 11.9 Å². The van der Waals surface area contributed by atoms with E-state index in [9.17, 15) is 0 Å². The standard InChI is InChI=1S/C14H16N4S/c1-9-10(2)17-13(8-16-9)18(3)12-6-4-5-11(7-12)14(15)19/h4-8H,1-3H3,(H2,15,19). The third kappa shape index (κ3) is 2.88. The zero-order chi connectivity index (χ0) is 14.0. The quantitative estimate of drug-likeness (QED) is 0.870. The third-order valence-electron chi connectivity index (χ3n) is 3.04. The minimum atomic E-state index is 0.390. The second kappa shape index (κ2) is 5.32. The van der Waals surface area contributed by atoms with Crippen LogP contribution in [0.15, 0.2) is 30.5 Å². The first kappa shape index (κ1) is 13.4. The van der Waals surface area contributed by atoms with Crippen molar-refractivity contribution in [1.29, 1.82) is 0 Å². The van der Waals surface area contributed by atoms with Crippen LogP contribution in [0.1, 0.15) is 17.0 Å². The smallest absolute Gasteiger partial charge is 0.151 e. The predicted molar refractivity (Wildman–Crippen MR) is 81.9 cm³/mol. The van der Waals surface area contributed by atoms with Gasteiger partial charge < -0.3 is 10.6 Å². The minimum Gasteiger partial charge on any atom is -0.389 e. The van der Waals surface area contributed by atoms with Crippen molar-refractivity contribution in [3.63, 3.8) is 0 Å². The van der Waals surface area contributed by atoms with Gasteiger partial charge in [-0.25, -0.2) is 4.98 Å². The Hall–Kier alpha value is -2.01. The van der Waals surface area contributed by atoms with Gasteiger partial charge in [0.1, 0.15) is 4.99 Å². The molecule has 1 heterocycles. The second-order valence-electron chi connectivity index (χ2n) is 4.37. The summed E-state index contributed by atoms with van der Waals surface area (Å²) in [5, 5.41) is 0. The van der Waals surface area contributed by atoms with Gasteiger partial charge in [-0.3, -0.25) is 4.98 Å². The average Bonchev–Trinajstić information content (AvgIpc) is 2.41. The molecule has 5 heteroatoms. The Balaban J connectivity index is 2.37. The Morgan fingerprint density at radius 1 is 1.26 bits per heavy atom. The number of thiocarbonyl (C=S) groups is 1. The molecule has 0 spiro atoms. The fourth-order valence-corrected chi connectivity index (χ4v) is 1.82. The summed E-state index contributed by atoms with van der Waals surface area (Å²) in [5.41, 5.74) is 9.33. The maximum Gasteiger partial charge on any atom is 0.151 e. The molecule has 0 aliphatic rings. The van der Waals surface area contributed by atoms with Crippen LogP contribution in [0.3, 0.4) is 0 Å². The van der Waals surface area contributed by atoms with E-state index in [0.29, 0.717) is 4.99 Å². The van der Waals surface area contributed by atoms with Crippen LogP contribution in [-0.4, -0.2) is 22.0 Å². The maximum absolute atomic E-state index is 5.65. The summed E-state index contributed by atoms with van der Waals surface area (Å²) in [6.07, 6.45) is 1.76. The number of nitrogens with zero attached hydrogens (tertiary/aromatic N) is 3. The Labute approximate surface area is 118 Å². The molecule has 0 saturated heterocycles. The van der Waals surface area contributed by atoms with Crippen molar-refractivity contribution in [2.24, 2.45) is 5.73 Å². The van der Waals surface area contributed by atoms with Crippen LogP contribution in [0.4, 0.5) is 11.5 Å². The molecule has 0 radical (unpaired) electrons. The van der Waals surface area contributed by atoms with E-state index in [2.05, 4.69) is 9.97 Å². The molecule has 4 nitrogen and oxygen atoms in total. The number of benzene rings is 1. The number of anilines is 2. The van der Waals surface area contributed by atoms with Crippen molar-refractivity contribution in [3.8, 4) is 0 Å². The van der Waals surface area contributed by atoms with Gasteiger partial charge in [0, 0.05) is 18.3 Å². The highest BCUT2D eigenvalue weighted by atomic mass is 32.1. The lowest BCUT2D eigenvalue weighted by Gasteiger charge is -2.19. The lowest BCUT2D eigenvalue weighted by atomic mass is 10.2. The largest absolute Gasteiger partial charge is 0.389 e. The molecule has 0 atom stereocenters. The summed E-state index contributed by atoms with van der Waals surface area (Å²) in [4.78, 5) is 11.2. The van der Waals surface area contributed by atoms with E-state index in [4.69, 9.17) is 18.0 Å². The van der Waals surface area contributed by atoms with Crippen molar-refractivity contribution in [1.82, 2.24) is 9.97 Å². The van der Waals surface area contributed by atoms with Crippen molar-refractivity contribution in [2.45, 2.75) is 13.8 Å². The summed E-state index contributed by atoms with van der Waals surface area (Å²) in [7, 11) is 1.94. The first-order valence-electron chi connectivity index (χ1n) is 5.93. The molecule has 1 aromatic carbocycles. The van der Waals surface area contributed by atoms with E-state index < -0.39 is 0 Å². The predicted octanol–water partition coefficient (Wildman–Crippen LogP) is 2.50. The fraction of sp³-hybridized carbons (Fsp3) is 0.214. The molecule has 0 aliphatic heterocycles. The van der Waals surface area contributed by atoms with Crippen molar-refractivity contribution >= 4 is 28.7 Å². The average molecular weight is 272 g/mol. The Bertz CT molecular complexity index is 625. The number of aryl methyl sites for hydroxylation is 2. The van der Waals surface area contributed by atoms with Crippen LogP contribution >= 0.6 is 12.2 Å². The first-order valence-corrected chi connectivity index (χ1v) is 6.33. The zero-order valence-electron chi connectivity index (χ0n) is 11.2. The number of hydrogen-bond acceptors (Lipinski definition) is 4. The maximum atomic E-state index is 5.65. The van der Waals surface area contributed by atoms with E-state index in [1.165, 1.54) is 0 Å². The van der Waals surface area contributed by atoms with Crippen LogP contribution in [-0.2, 0) is 0 Å². The number of aromatic nitrogens is 2. The zero-order valence-corrected chi connectivity index (χ0v) is 12.0. The van der Waals surface area contributed by atoms with Gasteiger partial charge in [0.05, 0.1) is 17.6 Å². The molecule has 2 rings (SSSR count). The Kier molecular flexibility index (Phi) is 3.76. The van der Waals surface area contributed by atoms with Crippen LogP contribution in [0.2, 0.25) is 0 Å². The molecule has 0 bridgehead atoms. The summed E-state index contributed by atoms with van der Waals surface area (Å²) in [5.74, 6) is 0.795. The lowest BCUT2D eigenvalue weighted by Crippen LogP contribution is -2.15. The van der Waals surface area contributed by atoms with Gasteiger partial charge in [-0.15, -0.1) is 0 Å². The number of nitrogens with two attached hydrogens (primary N) is 1. The van der Waals surface area contributed by atoms with Gasteiger partial charge in [0.25, 0.3) is 0 Å². The molecule has 0 fully saturated rings. The van der Waals surface area contributed by atoms with Crippen LogP contribution in [0.5, 0.6) is 0 Å². The monoisotopic (exact) mass is 272 g/mol. The van der Waals surface area contributed by atoms with Crippen molar-refractivity contribution < 1.29 is 0 Å². The molecular weight excluding hydrogens is 256 g/mol. The van der Waals surface area contributed by atoms with Gasteiger partial charge in [-0.2, -0.15) is 0 Å². The molecule has 19 heavy (non-hydrogen) atoms. The molecule has 98 valence electrons. The van der Waals surface area contributed by atoms with E-state index in [1.54, 1.807) is 6.20 Å². The highest BCUT2D eigenvalue weighted by Crippen LogP contribution is 2.22. The Morgan fingerprint density at radius 3 is 2.63 bits per heavy atom. The van der Waals surface area contributed by atoms with Gasteiger partial charge in [0.2, 0.25) is 0 Å². The molecular formula is C14H16N4S. The molecule has 0 aliphatic carbocycles. The second-order valence-corrected chi connectivity index (χ2v) is 4.81. The van der Waals surface area contributed by atoms with Gasteiger partial charge in [-0.1, -0.05) is 24.4 Å². The summed E-state index contributed by atoms with van der Waals surface area (Å²) >= 11 is 4.99. The molecule has 0 saturated carbocycles. The first-order chi connectivity index (χ1) is 8.99. The molecule has 0 unspecified atom stereocenters. The summed E-state index contributed by atoms with van der Waals surface area (Å²) in [6, 6.07) is 7.75. The van der Waals surface area contributed by atoms with E-state index in [1.807, 2.05) is 50.1 Å². The highest BCUT2D eigenvalue weighted by Gasteiger charge is 2.08. The topological polar surface area (TPSA) is 55.0 Å². The minimum absolute atomic E-state index is 0.390. The lowest BCUT2D eigenvalue weighted by molar-refractivity contribution is 1.01. The van der Waals surface area contributed by atoms with Crippen LogP contribution < -0.4 is 10.6 Å². The van der Waals surface area contributed by atoms with Gasteiger partial charge in [0.15, 0.2) is 5.82 Å². The highest BCUT2D eigenvalue weighted by molar-refractivity contribution is 7.80. The number of hydrogen-bond donors (Lipinski definition) is 1.